The summed E-state index contributed by atoms with van der Waals surface area (Å²) in [5, 5.41) is 10.8. The summed E-state index contributed by atoms with van der Waals surface area (Å²) in [5.74, 6) is -0.947. The maximum absolute atomic E-state index is 13.8. The van der Waals surface area contributed by atoms with Crippen LogP contribution in [0.4, 0.5) is 0 Å². The molecule has 0 aliphatic carbocycles. The predicted molar refractivity (Wildman–Crippen MR) is 130 cm³/mol. The van der Waals surface area contributed by atoms with E-state index in [0.717, 1.165) is 38.6 Å². The highest BCUT2D eigenvalue weighted by atomic mass is 16.4. The number of benzene rings is 3. The van der Waals surface area contributed by atoms with Crippen LogP contribution in [0.2, 0.25) is 0 Å². The number of aryl methyl sites for hydroxylation is 2. The second-order valence-electron chi connectivity index (χ2n) is 8.49. The molecule has 0 aliphatic rings. The summed E-state index contributed by atoms with van der Waals surface area (Å²) >= 11 is 0. The van der Waals surface area contributed by atoms with Crippen molar-refractivity contribution >= 4 is 27.9 Å². The monoisotopic (exact) mass is 439 g/mol. The molecular weight excluding hydrogens is 414 g/mol. The Balaban J connectivity index is 1.73. The van der Waals surface area contributed by atoms with Gasteiger partial charge in [0.15, 0.2) is 0 Å². The molecular formula is C27H25N3O3. The minimum atomic E-state index is -0.947. The Morgan fingerprint density at radius 2 is 1.58 bits per heavy atom. The molecule has 0 amide bonds. The van der Waals surface area contributed by atoms with Crippen molar-refractivity contribution in [1.82, 2.24) is 13.7 Å². The van der Waals surface area contributed by atoms with E-state index in [2.05, 4.69) is 29.8 Å². The zero-order valence-corrected chi connectivity index (χ0v) is 18.6. The number of hydrogen-bond acceptors (Lipinski definition) is 2. The fourth-order valence-corrected chi connectivity index (χ4v) is 4.91. The second kappa shape index (κ2) is 8.13. The van der Waals surface area contributed by atoms with Crippen LogP contribution in [0.15, 0.2) is 83.8 Å². The van der Waals surface area contributed by atoms with Crippen LogP contribution in [0.25, 0.3) is 21.9 Å². The molecule has 0 unspecified atom stereocenters. The van der Waals surface area contributed by atoms with Crippen molar-refractivity contribution < 1.29 is 9.90 Å². The van der Waals surface area contributed by atoms with Crippen LogP contribution in [0.5, 0.6) is 0 Å². The second-order valence-corrected chi connectivity index (χ2v) is 8.49. The lowest BCUT2D eigenvalue weighted by Gasteiger charge is -2.17. The zero-order chi connectivity index (χ0) is 23.1. The van der Waals surface area contributed by atoms with E-state index in [1.54, 1.807) is 9.13 Å². The van der Waals surface area contributed by atoms with E-state index in [1.807, 2.05) is 67.7 Å². The van der Waals surface area contributed by atoms with Crippen LogP contribution in [-0.2, 0) is 18.4 Å². The van der Waals surface area contributed by atoms with Gasteiger partial charge in [0.2, 0.25) is 0 Å². The number of para-hydroxylation sites is 2. The lowest BCUT2D eigenvalue weighted by atomic mass is 10.0. The van der Waals surface area contributed by atoms with Gasteiger partial charge in [0.25, 0.3) is 0 Å². The summed E-state index contributed by atoms with van der Waals surface area (Å²) in [6.07, 6.45) is 1.90. The number of carboxylic acids is 1. The van der Waals surface area contributed by atoms with Gasteiger partial charge in [-0.3, -0.25) is 13.9 Å². The molecule has 2 aromatic heterocycles. The topological polar surface area (TPSA) is 69.2 Å². The van der Waals surface area contributed by atoms with E-state index in [0.29, 0.717) is 6.54 Å². The molecule has 6 nitrogen and oxygen atoms in total. The van der Waals surface area contributed by atoms with Gasteiger partial charge in [-0.05, 0) is 41.8 Å². The van der Waals surface area contributed by atoms with E-state index < -0.39 is 12.0 Å². The fourth-order valence-electron chi connectivity index (χ4n) is 4.91. The van der Waals surface area contributed by atoms with E-state index in [9.17, 15) is 14.7 Å². The van der Waals surface area contributed by atoms with Gasteiger partial charge in [0, 0.05) is 24.1 Å². The maximum atomic E-state index is 13.8. The Labute approximate surface area is 190 Å². The van der Waals surface area contributed by atoms with Crippen LogP contribution in [0, 0.1) is 6.92 Å². The summed E-state index contributed by atoms with van der Waals surface area (Å²) in [5.41, 5.74) is 5.45. The molecule has 1 N–H and O–H groups in total. The smallest absolute Gasteiger partial charge is 0.330 e. The summed E-state index contributed by atoms with van der Waals surface area (Å²) in [4.78, 5) is 25.6. The van der Waals surface area contributed by atoms with E-state index in [1.165, 1.54) is 0 Å². The summed E-state index contributed by atoms with van der Waals surface area (Å²) < 4.78 is 5.48. The molecule has 0 bridgehead atoms. The molecule has 166 valence electrons. The van der Waals surface area contributed by atoms with Crippen LogP contribution >= 0.6 is 0 Å². The number of imidazole rings is 1. The van der Waals surface area contributed by atoms with Gasteiger partial charge in [-0.15, -0.1) is 0 Å². The first-order valence-electron chi connectivity index (χ1n) is 11.0. The summed E-state index contributed by atoms with van der Waals surface area (Å²) in [6.45, 7) is 2.49. The number of hydrogen-bond donors (Lipinski definition) is 1. The van der Waals surface area contributed by atoms with Crippen molar-refractivity contribution in [3.63, 3.8) is 0 Å². The predicted octanol–water partition coefficient (Wildman–Crippen LogP) is 4.72. The summed E-state index contributed by atoms with van der Waals surface area (Å²) in [7, 11) is 2.01. The number of rotatable bonds is 6. The first-order valence-corrected chi connectivity index (χ1v) is 11.0. The Kier molecular flexibility index (Phi) is 5.13. The van der Waals surface area contributed by atoms with Gasteiger partial charge in [0.05, 0.1) is 30.0 Å². The van der Waals surface area contributed by atoms with Crippen molar-refractivity contribution in [3.8, 4) is 0 Å². The number of nitrogens with zero attached hydrogens (tertiary/aromatic N) is 3. The molecule has 5 aromatic rings. The largest absolute Gasteiger partial charge is 0.481 e. The normalized spacial score (nSPS) is 12.4. The number of aromatic nitrogens is 3. The first-order chi connectivity index (χ1) is 16.0. The summed E-state index contributed by atoms with van der Waals surface area (Å²) in [6, 6.07) is 22.6. The molecule has 6 heteroatoms. The Morgan fingerprint density at radius 3 is 2.30 bits per heavy atom. The highest BCUT2D eigenvalue weighted by Gasteiger charge is 2.24. The van der Waals surface area contributed by atoms with Crippen molar-refractivity contribution in [2.24, 2.45) is 7.05 Å². The molecule has 0 spiro atoms. The van der Waals surface area contributed by atoms with Crippen molar-refractivity contribution in [1.29, 1.82) is 0 Å². The highest BCUT2D eigenvalue weighted by molar-refractivity contribution is 5.87. The van der Waals surface area contributed by atoms with Crippen molar-refractivity contribution in [3.05, 3.63) is 106 Å². The van der Waals surface area contributed by atoms with E-state index in [-0.39, 0.29) is 12.1 Å². The fraction of sp³-hybridized carbons (Fsp3) is 0.185. The number of aliphatic carboxylic acids is 1. The third-order valence-electron chi connectivity index (χ3n) is 6.36. The minimum Gasteiger partial charge on any atom is -0.481 e. The SMILES string of the molecule is Cc1cccc2c1c(Cn1c(=O)n([C@H](CC(=O)O)c3ccccc3)c3ccccc31)cn2C. The van der Waals surface area contributed by atoms with Crippen molar-refractivity contribution in [2.45, 2.75) is 25.9 Å². The quantitative estimate of drug-likeness (QED) is 0.416. The Hall–Kier alpha value is -4.06. The number of fused-ring (bicyclic) bond motifs is 2. The first kappa shape index (κ1) is 20.8. The average Bonchev–Trinajstić information content (AvgIpc) is 3.28. The Morgan fingerprint density at radius 1 is 0.909 bits per heavy atom. The van der Waals surface area contributed by atoms with Gasteiger partial charge < -0.3 is 9.67 Å². The van der Waals surface area contributed by atoms with Crippen molar-refractivity contribution in [2.75, 3.05) is 0 Å². The zero-order valence-electron chi connectivity index (χ0n) is 18.6. The van der Waals surface area contributed by atoms with Gasteiger partial charge in [-0.2, -0.15) is 0 Å². The van der Waals surface area contributed by atoms with E-state index in [4.69, 9.17) is 0 Å². The molecule has 0 aliphatic heterocycles. The van der Waals surface area contributed by atoms with Gasteiger partial charge in [-0.1, -0.05) is 54.6 Å². The number of carbonyl (C=O) groups is 1. The van der Waals surface area contributed by atoms with E-state index >= 15 is 0 Å². The molecule has 1 atom stereocenters. The van der Waals surface area contributed by atoms with Crippen LogP contribution in [-0.4, -0.2) is 24.8 Å². The third kappa shape index (κ3) is 3.53. The number of carboxylic acid groups (broad SMARTS) is 1. The van der Waals surface area contributed by atoms with Crippen LogP contribution < -0.4 is 5.69 Å². The minimum absolute atomic E-state index is 0.175. The average molecular weight is 440 g/mol. The highest BCUT2D eigenvalue weighted by Crippen LogP contribution is 2.28. The lowest BCUT2D eigenvalue weighted by molar-refractivity contribution is -0.137. The molecule has 0 saturated heterocycles. The molecule has 2 heterocycles. The standard InChI is InChI=1S/C27H25N3O3/c1-18-9-8-14-23-26(18)20(16-28(23)2)17-29-21-12-6-7-13-22(21)30(27(29)33)24(15-25(31)32)19-10-4-3-5-11-19/h3-14,16,24H,15,17H2,1-2H3,(H,31,32)/t24-/m1/s1. The maximum Gasteiger partial charge on any atom is 0.330 e. The Bertz CT molecular complexity index is 1540. The molecule has 0 radical (unpaired) electrons. The molecule has 5 rings (SSSR count). The lowest BCUT2D eigenvalue weighted by Crippen LogP contribution is -2.29. The van der Waals surface area contributed by atoms with Gasteiger partial charge >= 0.3 is 11.7 Å². The molecule has 33 heavy (non-hydrogen) atoms. The third-order valence-corrected chi connectivity index (χ3v) is 6.36. The van der Waals surface area contributed by atoms with Gasteiger partial charge in [0.1, 0.15) is 0 Å². The molecule has 3 aromatic carbocycles. The molecule has 0 fully saturated rings. The van der Waals surface area contributed by atoms with Gasteiger partial charge in [-0.25, -0.2) is 4.79 Å². The van der Waals surface area contributed by atoms with Crippen LogP contribution in [0.1, 0.15) is 29.2 Å². The van der Waals surface area contributed by atoms with Crippen LogP contribution in [0.3, 0.4) is 0 Å². The molecule has 0 saturated carbocycles.